The molecule has 0 fully saturated rings. The van der Waals surface area contributed by atoms with Crippen molar-refractivity contribution in [2.24, 2.45) is 5.73 Å². The number of amides is 2. The Bertz CT molecular complexity index is 432. The summed E-state index contributed by atoms with van der Waals surface area (Å²) in [6.07, 6.45) is 2.99. The third kappa shape index (κ3) is 1.98. The van der Waals surface area contributed by atoms with Crippen molar-refractivity contribution in [3.63, 3.8) is 0 Å². The molecule has 0 spiro atoms. The van der Waals surface area contributed by atoms with Gasteiger partial charge in [-0.2, -0.15) is 10.2 Å². The maximum atomic E-state index is 11.4. The van der Waals surface area contributed by atoms with E-state index in [1.165, 1.54) is 17.3 Å². The topological polar surface area (TPSA) is 72.1 Å². The highest BCUT2D eigenvalue weighted by molar-refractivity contribution is 5.98. The molecule has 1 aromatic heterocycles. The van der Waals surface area contributed by atoms with E-state index < -0.39 is 6.03 Å². The highest BCUT2D eigenvalue weighted by atomic mass is 16.2. The van der Waals surface area contributed by atoms with Crippen molar-refractivity contribution in [3.8, 4) is 0 Å². The van der Waals surface area contributed by atoms with Crippen LogP contribution in [0.3, 0.4) is 0 Å². The number of hydrogen-bond acceptors (Lipinski definition) is 3. The number of urea groups is 1. The number of hydrogen-bond donors (Lipinski definition) is 1. The summed E-state index contributed by atoms with van der Waals surface area (Å²) in [5.74, 6) is 0. The summed E-state index contributed by atoms with van der Waals surface area (Å²) < 4.78 is 0. The van der Waals surface area contributed by atoms with Crippen LogP contribution in [0.5, 0.6) is 0 Å². The van der Waals surface area contributed by atoms with Crippen molar-refractivity contribution < 1.29 is 4.79 Å². The Morgan fingerprint density at radius 2 is 1.81 bits per heavy atom. The van der Waals surface area contributed by atoms with Crippen molar-refractivity contribution >= 4 is 17.4 Å². The monoisotopic (exact) mass is 214 g/mol. The number of anilines is 2. The summed E-state index contributed by atoms with van der Waals surface area (Å²) in [5, 5.41) is 7.37. The van der Waals surface area contributed by atoms with E-state index in [-0.39, 0.29) is 0 Å². The Labute approximate surface area is 92.5 Å². The van der Waals surface area contributed by atoms with Crippen LogP contribution < -0.4 is 10.6 Å². The predicted octanol–water partition coefficient (Wildman–Crippen LogP) is 1.69. The minimum atomic E-state index is -0.556. The van der Waals surface area contributed by atoms with Crippen molar-refractivity contribution in [2.75, 3.05) is 4.90 Å². The van der Waals surface area contributed by atoms with E-state index in [4.69, 9.17) is 5.73 Å². The van der Waals surface area contributed by atoms with Crippen molar-refractivity contribution in [1.29, 1.82) is 0 Å². The zero-order valence-corrected chi connectivity index (χ0v) is 8.45. The maximum Gasteiger partial charge on any atom is 0.323 e. The molecule has 2 rings (SSSR count). The van der Waals surface area contributed by atoms with Crippen LogP contribution in [0, 0.1) is 0 Å². The van der Waals surface area contributed by atoms with Crippen LogP contribution in [0.1, 0.15) is 0 Å². The van der Waals surface area contributed by atoms with Gasteiger partial charge in [0.25, 0.3) is 0 Å². The summed E-state index contributed by atoms with van der Waals surface area (Å²) in [5.41, 5.74) is 6.63. The number of benzene rings is 1. The highest BCUT2D eigenvalue weighted by Gasteiger charge is 2.14. The molecule has 2 aromatic rings. The molecule has 5 nitrogen and oxygen atoms in total. The number of nitrogens with zero attached hydrogens (tertiary/aromatic N) is 3. The minimum Gasteiger partial charge on any atom is -0.351 e. The zero-order valence-electron chi connectivity index (χ0n) is 8.45. The van der Waals surface area contributed by atoms with E-state index in [1.807, 2.05) is 18.2 Å². The number of primary amides is 1. The molecule has 2 amide bonds. The Balaban J connectivity index is 2.44. The Morgan fingerprint density at radius 3 is 2.38 bits per heavy atom. The van der Waals surface area contributed by atoms with Gasteiger partial charge in [0.05, 0.1) is 23.8 Å². The van der Waals surface area contributed by atoms with Gasteiger partial charge in [-0.1, -0.05) is 18.2 Å². The fourth-order valence-corrected chi connectivity index (χ4v) is 1.40. The van der Waals surface area contributed by atoms with E-state index in [9.17, 15) is 4.79 Å². The number of carbonyl (C=O) groups is 1. The first kappa shape index (κ1) is 10.1. The quantitative estimate of drug-likeness (QED) is 0.826. The third-order valence-corrected chi connectivity index (χ3v) is 2.06. The van der Waals surface area contributed by atoms with Crippen LogP contribution in [0.15, 0.2) is 48.8 Å². The first-order valence-electron chi connectivity index (χ1n) is 4.70. The molecule has 0 bridgehead atoms. The van der Waals surface area contributed by atoms with Crippen molar-refractivity contribution in [3.05, 3.63) is 48.8 Å². The second kappa shape index (κ2) is 4.39. The molecule has 16 heavy (non-hydrogen) atoms. The lowest BCUT2D eigenvalue weighted by Gasteiger charge is -2.19. The number of nitrogens with two attached hydrogens (primary N) is 1. The fourth-order valence-electron chi connectivity index (χ4n) is 1.40. The number of carbonyl (C=O) groups excluding carboxylic acids is 1. The number of rotatable bonds is 2. The van der Waals surface area contributed by atoms with Crippen LogP contribution in [-0.4, -0.2) is 16.2 Å². The molecule has 80 valence electrons. The van der Waals surface area contributed by atoms with Gasteiger partial charge in [-0.25, -0.2) is 4.79 Å². The van der Waals surface area contributed by atoms with E-state index >= 15 is 0 Å². The zero-order chi connectivity index (χ0) is 11.4. The van der Waals surface area contributed by atoms with Crippen molar-refractivity contribution in [2.45, 2.75) is 0 Å². The van der Waals surface area contributed by atoms with Gasteiger partial charge in [-0.05, 0) is 18.2 Å². The largest absolute Gasteiger partial charge is 0.351 e. The van der Waals surface area contributed by atoms with Crippen LogP contribution in [-0.2, 0) is 0 Å². The molecule has 0 saturated heterocycles. The summed E-state index contributed by atoms with van der Waals surface area (Å²) >= 11 is 0. The molecule has 2 N–H and O–H groups in total. The molecule has 0 radical (unpaired) electrons. The lowest BCUT2D eigenvalue weighted by atomic mass is 10.3. The minimum absolute atomic E-state index is 0.556. The predicted molar refractivity (Wildman–Crippen MR) is 60.2 cm³/mol. The smallest absolute Gasteiger partial charge is 0.323 e. The molecule has 0 aliphatic carbocycles. The fraction of sp³-hybridized carbons (Fsp3) is 0. The lowest BCUT2D eigenvalue weighted by Crippen LogP contribution is -2.31. The van der Waals surface area contributed by atoms with Gasteiger partial charge in [0.15, 0.2) is 0 Å². The number of para-hydroxylation sites is 1. The van der Waals surface area contributed by atoms with Gasteiger partial charge in [0.1, 0.15) is 0 Å². The molecular formula is C11H10N4O. The molecule has 5 heteroatoms. The Morgan fingerprint density at radius 1 is 1.06 bits per heavy atom. The first-order valence-corrected chi connectivity index (χ1v) is 4.70. The van der Waals surface area contributed by atoms with Crippen LogP contribution in [0.25, 0.3) is 0 Å². The van der Waals surface area contributed by atoms with Crippen LogP contribution in [0.2, 0.25) is 0 Å². The van der Waals surface area contributed by atoms with Gasteiger partial charge in [-0.15, -0.1) is 0 Å². The molecule has 0 saturated carbocycles. The van der Waals surface area contributed by atoms with E-state index in [0.717, 1.165) is 0 Å². The summed E-state index contributed by atoms with van der Waals surface area (Å²) in [4.78, 5) is 12.8. The summed E-state index contributed by atoms with van der Waals surface area (Å²) in [7, 11) is 0. The molecule has 0 atom stereocenters. The van der Waals surface area contributed by atoms with Gasteiger partial charge in [0.2, 0.25) is 0 Å². The van der Waals surface area contributed by atoms with Crippen molar-refractivity contribution in [1.82, 2.24) is 10.2 Å². The molecule has 0 aliphatic heterocycles. The normalized spacial score (nSPS) is 9.75. The van der Waals surface area contributed by atoms with Gasteiger partial charge < -0.3 is 5.73 Å². The second-order valence-electron chi connectivity index (χ2n) is 3.11. The van der Waals surface area contributed by atoms with Gasteiger partial charge in [0, 0.05) is 0 Å². The van der Waals surface area contributed by atoms with E-state index in [0.29, 0.717) is 11.4 Å². The third-order valence-electron chi connectivity index (χ3n) is 2.06. The Hall–Kier alpha value is -2.43. The Kier molecular flexibility index (Phi) is 2.77. The summed E-state index contributed by atoms with van der Waals surface area (Å²) in [6, 6.07) is 10.2. The highest BCUT2D eigenvalue weighted by Crippen LogP contribution is 2.23. The van der Waals surface area contributed by atoms with E-state index in [2.05, 4.69) is 10.2 Å². The van der Waals surface area contributed by atoms with Gasteiger partial charge >= 0.3 is 6.03 Å². The SMILES string of the molecule is NC(=O)N(c1ccccc1)c1ccnnc1. The number of aromatic nitrogens is 2. The molecule has 0 aliphatic rings. The first-order chi connectivity index (χ1) is 7.79. The molecule has 1 heterocycles. The average Bonchev–Trinajstić information content (AvgIpc) is 2.31. The molecular weight excluding hydrogens is 204 g/mol. The molecule has 0 unspecified atom stereocenters. The van der Waals surface area contributed by atoms with Gasteiger partial charge in [-0.3, -0.25) is 4.90 Å². The van der Waals surface area contributed by atoms with E-state index in [1.54, 1.807) is 18.2 Å². The molecule has 1 aromatic carbocycles. The summed E-state index contributed by atoms with van der Waals surface area (Å²) in [6.45, 7) is 0. The second-order valence-corrected chi connectivity index (χ2v) is 3.11. The lowest BCUT2D eigenvalue weighted by molar-refractivity contribution is 0.256. The van der Waals surface area contributed by atoms with Crippen LogP contribution in [0.4, 0.5) is 16.2 Å². The maximum absolute atomic E-state index is 11.4. The average molecular weight is 214 g/mol. The standard InChI is InChI=1S/C11H10N4O/c12-11(16)15(9-4-2-1-3-5-9)10-6-7-13-14-8-10/h1-8H,(H2,12,16). The van der Waals surface area contributed by atoms with Crippen LogP contribution >= 0.6 is 0 Å².